The zero-order chi connectivity index (χ0) is 24.8. The molecule has 1 saturated carbocycles. The van der Waals surface area contributed by atoms with Gasteiger partial charge in [0.2, 0.25) is 0 Å². The monoisotopic (exact) mass is 491 g/mol. The third-order valence-electron chi connectivity index (χ3n) is 7.00. The maximum absolute atomic E-state index is 14.5. The van der Waals surface area contributed by atoms with Crippen molar-refractivity contribution in [2.24, 2.45) is 22.7 Å². The standard InChI is InChI=1S/C27H36ClF2N3O/c1-6-8-19-12-23(29)21(24(30)13-19)14-31-27-22(28)10-17(4)26(33-27)32-15-34-25-11-16(3)18(5)20(25)9-7-2/h10,12-13,15-16,18,20,25H,6-9,11,14H2,1-5H3,(H,31,33)/t16?,18?,20-,25?/m0/s1. The molecule has 1 heterocycles. The molecule has 2 aromatic rings. The summed E-state index contributed by atoms with van der Waals surface area (Å²) >= 11 is 6.34. The Labute approximate surface area is 207 Å². The molecule has 3 unspecified atom stereocenters. The van der Waals surface area contributed by atoms with Crippen molar-refractivity contribution in [3.05, 3.63) is 51.5 Å². The Kier molecular flexibility index (Phi) is 9.29. The Bertz CT molecular complexity index is 991. The molecule has 0 spiro atoms. The minimum atomic E-state index is -0.576. The average molecular weight is 492 g/mol. The number of aromatic nitrogens is 1. The van der Waals surface area contributed by atoms with E-state index < -0.39 is 11.6 Å². The summed E-state index contributed by atoms with van der Waals surface area (Å²) in [6, 6.07) is 4.51. The van der Waals surface area contributed by atoms with Crippen LogP contribution in [-0.4, -0.2) is 17.5 Å². The van der Waals surface area contributed by atoms with Gasteiger partial charge in [0.05, 0.1) is 5.02 Å². The summed E-state index contributed by atoms with van der Waals surface area (Å²) in [7, 11) is 0. The molecular formula is C27H36ClF2N3O. The van der Waals surface area contributed by atoms with Gasteiger partial charge in [0.25, 0.3) is 0 Å². The van der Waals surface area contributed by atoms with Crippen LogP contribution < -0.4 is 5.32 Å². The van der Waals surface area contributed by atoms with Gasteiger partial charge in [-0.25, -0.2) is 18.8 Å². The normalized spacial score (nSPS) is 22.5. The van der Waals surface area contributed by atoms with Gasteiger partial charge in [-0.2, -0.15) is 0 Å². The third kappa shape index (κ3) is 6.26. The molecule has 1 aliphatic carbocycles. The van der Waals surface area contributed by atoms with Crippen molar-refractivity contribution in [3.8, 4) is 0 Å². The molecule has 3 rings (SSSR count). The SMILES string of the molecule is CCCc1cc(F)c(CNc2nc(N=COC3CC(C)C(C)[C@@H]3CCC)c(C)cc2Cl)c(F)c1. The maximum atomic E-state index is 14.5. The van der Waals surface area contributed by atoms with E-state index in [-0.39, 0.29) is 18.2 Å². The Hall–Kier alpha value is -2.21. The van der Waals surface area contributed by atoms with Crippen LogP contribution >= 0.6 is 11.6 Å². The van der Waals surface area contributed by atoms with Crippen LogP contribution in [0.1, 0.15) is 70.1 Å². The first kappa shape index (κ1) is 26.4. The van der Waals surface area contributed by atoms with Gasteiger partial charge < -0.3 is 10.1 Å². The topological polar surface area (TPSA) is 46.5 Å². The lowest BCUT2D eigenvalue weighted by molar-refractivity contribution is 0.135. The predicted molar refractivity (Wildman–Crippen MR) is 136 cm³/mol. The quantitative estimate of drug-likeness (QED) is 0.270. The van der Waals surface area contributed by atoms with Gasteiger partial charge in [0, 0.05) is 12.1 Å². The van der Waals surface area contributed by atoms with E-state index in [0.717, 1.165) is 31.2 Å². The number of benzene rings is 1. The van der Waals surface area contributed by atoms with E-state index in [0.29, 0.717) is 46.4 Å². The minimum absolute atomic E-state index is 0.0434. The first-order chi connectivity index (χ1) is 16.2. The molecule has 34 heavy (non-hydrogen) atoms. The Morgan fingerprint density at radius 1 is 1.18 bits per heavy atom. The zero-order valence-corrected chi connectivity index (χ0v) is 21.6. The maximum Gasteiger partial charge on any atom is 0.176 e. The van der Waals surface area contributed by atoms with Gasteiger partial charge in [-0.15, -0.1) is 0 Å². The fourth-order valence-electron chi connectivity index (χ4n) is 4.87. The number of hydrogen-bond acceptors (Lipinski definition) is 4. The molecule has 1 N–H and O–H groups in total. The Morgan fingerprint density at radius 3 is 2.53 bits per heavy atom. The average Bonchev–Trinajstić information content (AvgIpc) is 3.04. The van der Waals surface area contributed by atoms with Gasteiger partial charge >= 0.3 is 0 Å². The molecule has 0 radical (unpaired) electrons. The summed E-state index contributed by atoms with van der Waals surface area (Å²) < 4.78 is 35.0. The number of aryl methyl sites for hydroxylation is 2. The highest BCUT2D eigenvalue weighted by Crippen LogP contribution is 2.40. The first-order valence-corrected chi connectivity index (χ1v) is 12.7. The van der Waals surface area contributed by atoms with E-state index in [1.807, 2.05) is 13.8 Å². The number of hydrogen-bond donors (Lipinski definition) is 1. The smallest absolute Gasteiger partial charge is 0.176 e. The molecule has 7 heteroatoms. The molecule has 1 aromatic heterocycles. The zero-order valence-electron chi connectivity index (χ0n) is 20.8. The Balaban J connectivity index is 1.71. The first-order valence-electron chi connectivity index (χ1n) is 12.3. The molecule has 0 aliphatic heterocycles. The number of rotatable bonds is 10. The summed E-state index contributed by atoms with van der Waals surface area (Å²) in [5.74, 6) is 1.40. The molecule has 0 saturated heterocycles. The molecule has 186 valence electrons. The highest BCUT2D eigenvalue weighted by atomic mass is 35.5. The lowest BCUT2D eigenvalue weighted by atomic mass is 9.89. The van der Waals surface area contributed by atoms with Crippen LogP contribution in [0.2, 0.25) is 5.02 Å². The molecule has 1 aromatic carbocycles. The lowest BCUT2D eigenvalue weighted by Crippen LogP contribution is -2.21. The van der Waals surface area contributed by atoms with Crippen molar-refractivity contribution in [1.82, 2.24) is 4.98 Å². The largest absolute Gasteiger partial charge is 0.480 e. The van der Waals surface area contributed by atoms with Gasteiger partial charge in [0.1, 0.15) is 23.6 Å². The van der Waals surface area contributed by atoms with Crippen LogP contribution in [0.4, 0.5) is 20.4 Å². The van der Waals surface area contributed by atoms with Crippen molar-refractivity contribution in [3.63, 3.8) is 0 Å². The fourth-order valence-corrected chi connectivity index (χ4v) is 5.14. The van der Waals surface area contributed by atoms with E-state index in [1.165, 1.54) is 18.5 Å². The summed E-state index contributed by atoms with van der Waals surface area (Å²) in [4.78, 5) is 8.91. The summed E-state index contributed by atoms with van der Waals surface area (Å²) in [6.45, 7) is 10.5. The van der Waals surface area contributed by atoms with Crippen molar-refractivity contribution in [2.75, 3.05) is 5.32 Å². The van der Waals surface area contributed by atoms with Crippen molar-refractivity contribution in [2.45, 2.75) is 79.4 Å². The highest BCUT2D eigenvalue weighted by Gasteiger charge is 2.38. The molecule has 1 aliphatic rings. The predicted octanol–water partition coefficient (Wildman–Crippen LogP) is 8.02. The van der Waals surface area contributed by atoms with Crippen molar-refractivity contribution in [1.29, 1.82) is 0 Å². The molecule has 4 atom stereocenters. The van der Waals surface area contributed by atoms with E-state index in [1.54, 1.807) is 6.07 Å². The van der Waals surface area contributed by atoms with Crippen LogP contribution in [0.3, 0.4) is 0 Å². The minimum Gasteiger partial charge on any atom is -0.480 e. The number of aliphatic imine (C=N–C) groups is 1. The highest BCUT2D eigenvalue weighted by molar-refractivity contribution is 6.33. The van der Waals surface area contributed by atoms with E-state index in [9.17, 15) is 8.78 Å². The second-order valence-corrected chi connectivity index (χ2v) is 9.94. The number of ether oxygens (including phenoxy) is 1. The second-order valence-electron chi connectivity index (χ2n) is 9.53. The van der Waals surface area contributed by atoms with Crippen LogP contribution in [0.5, 0.6) is 0 Å². The lowest BCUT2D eigenvalue weighted by Gasteiger charge is -2.21. The van der Waals surface area contributed by atoms with Crippen LogP contribution in [0, 0.1) is 36.3 Å². The number of anilines is 1. The number of halogens is 3. The van der Waals surface area contributed by atoms with E-state index in [4.69, 9.17) is 16.3 Å². The molecule has 4 nitrogen and oxygen atoms in total. The summed E-state index contributed by atoms with van der Waals surface area (Å²) in [6.07, 6.45) is 6.39. The molecule has 0 amide bonds. The number of nitrogens with one attached hydrogen (secondary N) is 1. The van der Waals surface area contributed by atoms with Crippen LogP contribution in [-0.2, 0) is 17.7 Å². The van der Waals surface area contributed by atoms with Crippen molar-refractivity contribution < 1.29 is 13.5 Å². The Morgan fingerprint density at radius 2 is 1.88 bits per heavy atom. The van der Waals surface area contributed by atoms with Gasteiger partial charge in [-0.05, 0) is 73.3 Å². The van der Waals surface area contributed by atoms with Crippen molar-refractivity contribution >= 4 is 29.6 Å². The van der Waals surface area contributed by atoms with Crippen LogP contribution in [0.15, 0.2) is 23.2 Å². The number of nitrogens with zero attached hydrogens (tertiary/aromatic N) is 2. The molecular weight excluding hydrogens is 456 g/mol. The van der Waals surface area contributed by atoms with Gasteiger partial charge in [-0.1, -0.05) is 52.1 Å². The number of pyridine rings is 1. The van der Waals surface area contributed by atoms with Gasteiger partial charge in [0.15, 0.2) is 12.2 Å². The molecule has 1 fully saturated rings. The molecule has 0 bridgehead atoms. The van der Waals surface area contributed by atoms with Crippen LogP contribution in [0.25, 0.3) is 0 Å². The third-order valence-corrected chi connectivity index (χ3v) is 7.29. The fraction of sp³-hybridized carbons (Fsp3) is 0.556. The van der Waals surface area contributed by atoms with Gasteiger partial charge in [-0.3, -0.25) is 0 Å². The summed E-state index contributed by atoms with van der Waals surface area (Å²) in [5.41, 5.74) is 1.39. The van der Waals surface area contributed by atoms with E-state index >= 15 is 0 Å². The van der Waals surface area contributed by atoms with E-state index in [2.05, 4.69) is 36.1 Å². The second kappa shape index (κ2) is 12.0. The summed E-state index contributed by atoms with van der Waals surface area (Å²) in [5, 5.41) is 3.32.